The predicted octanol–water partition coefficient (Wildman–Crippen LogP) is 2.59. The van der Waals surface area contributed by atoms with Gasteiger partial charge in [0.2, 0.25) is 10.0 Å². The quantitative estimate of drug-likeness (QED) is 0.865. The lowest BCUT2D eigenvalue weighted by Crippen LogP contribution is -2.36. The summed E-state index contributed by atoms with van der Waals surface area (Å²) < 4.78 is 28.0. The van der Waals surface area contributed by atoms with Crippen LogP contribution < -0.4 is 4.72 Å². The maximum Gasteiger partial charge on any atom is 0.240 e. The number of aliphatic hydroxyl groups excluding tert-OH is 1. The van der Waals surface area contributed by atoms with Crippen molar-refractivity contribution in [3.05, 3.63) is 28.2 Å². The van der Waals surface area contributed by atoms with Crippen molar-refractivity contribution in [2.45, 2.75) is 43.6 Å². The van der Waals surface area contributed by atoms with E-state index < -0.39 is 16.1 Å². The molecule has 1 aromatic carbocycles. The molecule has 4 nitrogen and oxygen atoms in total. The summed E-state index contributed by atoms with van der Waals surface area (Å²) in [5.74, 6) is 0.0232. The van der Waals surface area contributed by atoms with Gasteiger partial charge in [0.05, 0.1) is 11.0 Å². The summed E-state index contributed by atoms with van der Waals surface area (Å²) in [5, 5.41) is 9.88. The average Bonchev–Trinajstić information content (AvgIpc) is 2.41. The van der Waals surface area contributed by atoms with E-state index in [1.54, 1.807) is 18.2 Å². The van der Waals surface area contributed by atoms with Gasteiger partial charge in [0.25, 0.3) is 0 Å². The van der Waals surface area contributed by atoms with Crippen LogP contribution >= 0.6 is 15.9 Å². The zero-order valence-corrected chi connectivity index (χ0v) is 13.9. The van der Waals surface area contributed by atoms with Crippen molar-refractivity contribution in [2.24, 2.45) is 5.92 Å². The molecule has 2 atom stereocenters. The molecule has 0 heterocycles. The lowest BCUT2D eigenvalue weighted by Gasteiger charge is -2.27. The minimum atomic E-state index is -3.50. The average molecular weight is 362 g/mol. The highest BCUT2D eigenvalue weighted by atomic mass is 79.9. The van der Waals surface area contributed by atoms with Gasteiger partial charge in [-0.15, -0.1) is 0 Å². The normalized spacial score (nSPS) is 23.8. The van der Waals surface area contributed by atoms with Gasteiger partial charge in [-0.2, -0.15) is 0 Å². The number of aliphatic hydroxyl groups is 1. The Labute approximate surface area is 128 Å². The van der Waals surface area contributed by atoms with Crippen LogP contribution in [0.5, 0.6) is 0 Å². The van der Waals surface area contributed by atoms with Gasteiger partial charge in [0.15, 0.2) is 0 Å². The second-order valence-corrected chi connectivity index (χ2v) is 8.00. The summed E-state index contributed by atoms with van der Waals surface area (Å²) in [6.07, 6.45) is 3.34. The first-order chi connectivity index (χ1) is 9.40. The molecule has 20 heavy (non-hydrogen) atoms. The molecule has 2 unspecified atom stereocenters. The minimum Gasteiger partial charge on any atom is -0.393 e. The number of aryl methyl sites for hydroxylation is 1. The van der Waals surface area contributed by atoms with Crippen LogP contribution in [0.3, 0.4) is 0 Å². The van der Waals surface area contributed by atoms with Crippen LogP contribution in [0.15, 0.2) is 27.6 Å². The van der Waals surface area contributed by atoms with E-state index >= 15 is 0 Å². The third-order valence-corrected chi connectivity index (χ3v) is 6.16. The minimum absolute atomic E-state index is 0.0232. The molecule has 0 bridgehead atoms. The van der Waals surface area contributed by atoms with E-state index in [2.05, 4.69) is 20.7 Å². The fourth-order valence-electron chi connectivity index (χ4n) is 2.51. The number of sulfonamides is 1. The van der Waals surface area contributed by atoms with Crippen molar-refractivity contribution >= 4 is 26.0 Å². The summed E-state index contributed by atoms with van der Waals surface area (Å²) in [6.45, 7) is 2.16. The van der Waals surface area contributed by atoms with Gasteiger partial charge in [-0.3, -0.25) is 0 Å². The van der Waals surface area contributed by atoms with Crippen molar-refractivity contribution in [2.75, 3.05) is 6.54 Å². The van der Waals surface area contributed by atoms with Gasteiger partial charge in [0.1, 0.15) is 0 Å². The Bertz CT molecular complexity index is 574. The van der Waals surface area contributed by atoms with Crippen LogP contribution in [0.1, 0.15) is 31.2 Å². The Kier molecular flexibility index (Phi) is 5.23. The van der Waals surface area contributed by atoms with E-state index in [1.165, 1.54) is 0 Å². The number of halogens is 1. The lowest BCUT2D eigenvalue weighted by molar-refractivity contribution is 0.0724. The van der Waals surface area contributed by atoms with E-state index in [0.717, 1.165) is 35.7 Å². The highest BCUT2D eigenvalue weighted by Crippen LogP contribution is 2.24. The topological polar surface area (TPSA) is 66.4 Å². The summed E-state index contributed by atoms with van der Waals surface area (Å²) in [4.78, 5) is 0.267. The predicted molar refractivity (Wildman–Crippen MR) is 82.0 cm³/mol. The van der Waals surface area contributed by atoms with Gasteiger partial charge in [0, 0.05) is 11.0 Å². The number of nitrogens with one attached hydrogen (secondary N) is 1. The number of rotatable bonds is 4. The number of hydrogen-bond donors (Lipinski definition) is 2. The molecule has 1 aliphatic rings. The monoisotopic (exact) mass is 361 g/mol. The van der Waals surface area contributed by atoms with Crippen molar-refractivity contribution < 1.29 is 13.5 Å². The Morgan fingerprint density at radius 3 is 2.70 bits per heavy atom. The Balaban J connectivity index is 2.05. The van der Waals surface area contributed by atoms with Crippen LogP contribution in [0.25, 0.3) is 0 Å². The molecular weight excluding hydrogens is 342 g/mol. The molecule has 112 valence electrons. The molecule has 1 aromatic rings. The summed E-state index contributed by atoms with van der Waals surface area (Å²) in [7, 11) is -3.50. The second kappa shape index (κ2) is 6.56. The van der Waals surface area contributed by atoms with Crippen LogP contribution in [-0.4, -0.2) is 26.2 Å². The van der Waals surface area contributed by atoms with Crippen molar-refractivity contribution in [1.82, 2.24) is 4.72 Å². The van der Waals surface area contributed by atoms with Crippen LogP contribution in [0, 0.1) is 12.8 Å². The molecule has 1 saturated carbocycles. The summed E-state index contributed by atoms with van der Waals surface area (Å²) in [6, 6.07) is 4.96. The molecule has 6 heteroatoms. The fourth-order valence-corrected chi connectivity index (χ4v) is 3.94. The van der Waals surface area contributed by atoms with Crippen molar-refractivity contribution in [3.8, 4) is 0 Å². The number of hydrogen-bond acceptors (Lipinski definition) is 3. The van der Waals surface area contributed by atoms with Crippen molar-refractivity contribution in [1.29, 1.82) is 0 Å². The largest absolute Gasteiger partial charge is 0.393 e. The fraction of sp³-hybridized carbons (Fsp3) is 0.571. The van der Waals surface area contributed by atoms with Crippen LogP contribution in [0.4, 0.5) is 0 Å². The molecule has 0 radical (unpaired) electrons. The van der Waals surface area contributed by atoms with Crippen LogP contribution in [-0.2, 0) is 10.0 Å². The lowest BCUT2D eigenvalue weighted by atomic mass is 9.87. The van der Waals surface area contributed by atoms with E-state index in [4.69, 9.17) is 0 Å². The smallest absolute Gasteiger partial charge is 0.240 e. The molecule has 0 aromatic heterocycles. The molecular formula is C14H20BrNO3S. The maximum absolute atomic E-state index is 12.2. The zero-order chi connectivity index (χ0) is 14.8. The van der Waals surface area contributed by atoms with Crippen LogP contribution in [0.2, 0.25) is 0 Å². The SMILES string of the molecule is Cc1cc(S(=O)(=O)NCC2CCCCC2O)ccc1Br. The molecule has 2 N–H and O–H groups in total. The standard InChI is InChI=1S/C14H20BrNO3S/c1-10-8-12(6-7-13(10)15)20(18,19)16-9-11-4-2-3-5-14(11)17/h6-8,11,14,16-17H,2-5,9H2,1H3. The summed E-state index contributed by atoms with van der Waals surface area (Å²) in [5.41, 5.74) is 0.880. The third-order valence-electron chi connectivity index (χ3n) is 3.84. The first-order valence-corrected chi connectivity index (χ1v) is 9.11. The molecule has 1 aliphatic carbocycles. The molecule has 2 rings (SSSR count). The molecule has 0 saturated heterocycles. The molecule has 0 spiro atoms. The molecule has 0 aliphatic heterocycles. The van der Waals surface area contributed by atoms with Gasteiger partial charge in [-0.25, -0.2) is 13.1 Å². The van der Waals surface area contributed by atoms with Gasteiger partial charge in [-0.1, -0.05) is 28.8 Å². The highest BCUT2D eigenvalue weighted by molar-refractivity contribution is 9.10. The second-order valence-electron chi connectivity index (χ2n) is 5.37. The van der Waals surface area contributed by atoms with E-state index in [1.807, 2.05) is 6.92 Å². The van der Waals surface area contributed by atoms with E-state index in [0.29, 0.717) is 6.54 Å². The Hall–Kier alpha value is -0.430. The highest BCUT2D eigenvalue weighted by Gasteiger charge is 2.25. The molecule has 0 amide bonds. The van der Waals surface area contributed by atoms with Gasteiger partial charge >= 0.3 is 0 Å². The van der Waals surface area contributed by atoms with Crippen molar-refractivity contribution in [3.63, 3.8) is 0 Å². The Morgan fingerprint density at radius 2 is 2.05 bits per heavy atom. The Morgan fingerprint density at radius 1 is 1.35 bits per heavy atom. The van der Waals surface area contributed by atoms with Gasteiger partial charge in [-0.05, 0) is 49.4 Å². The zero-order valence-electron chi connectivity index (χ0n) is 11.5. The maximum atomic E-state index is 12.2. The molecule has 1 fully saturated rings. The first kappa shape index (κ1) is 15.9. The van der Waals surface area contributed by atoms with E-state index in [-0.39, 0.29) is 10.8 Å². The van der Waals surface area contributed by atoms with E-state index in [9.17, 15) is 13.5 Å². The van der Waals surface area contributed by atoms with Gasteiger partial charge < -0.3 is 5.11 Å². The third kappa shape index (κ3) is 3.81. The first-order valence-electron chi connectivity index (χ1n) is 6.84. The number of benzene rings is 1. The summed E-state index contributed by atoms with van der Waals surface area (Å²) >= 11 is 3.36.